The minimum atomic E-state index is -3.85. The van der Waals surface area contributed by atoms with Crippen LogP contribution in [0, 0.1) is 20.8 Å². The van der Waals surface area contributed by atoms with Crippen molar-refractivity contribution < 1.29 is 13.2 Å². The van der Waals surface area contributed by atoms with Crippen molar-refractivity contribution in [1.82, 2.24) is 5.32 Å². The van der Waals surface area contributed by atoms with E-state index in [-0.39, 0.29) is 10.8 Å². The van der Waals surface area contributed by atoms with E-state index in [0.29, 0.717) is 34.1 Å². The van der Waals surface area contributed by atoms with Crippen molar-refractivity contribution in [1.29, 1.82) is 0 Å². The van der Waals surface area contributed by atoms with Gasteiger partial charge in [-0.2, -0.15) is 0 Å². The molecule has 0 radical (unpaired) electrons. The number of carbonyl (C=O) groups is 1. The summed E-state index contributed by atoms with van der Waals surface area (Å²) in [7, 11) is -3.85. The lowest BCUT2D eigenvalue weighted by atomic mass is 10.1. The van der Waals surface area contributed by atoms with Crippen LogP contribution in [0.2, 0.25) is 5.02 Å². The van der Waals surface area contributed by atoms with Gasteiger partial charge in [0.05, 0.1) is 10.6 Å². The summed E-state index contributed by atoms with van der Waals surface area (Å²) in [5.74, 6) is 0.364. The first-order chi connectivity index (χ1) is 15.2. The van der Waals surface area contributed by atoms with Crippen molar-refractivity contribution in [3.8, 4) is 0 Å². The molecule has 3 aromatic carbocycles. The average molecular weight is 489 g/mol. The average Bonchev–Trinajstić information content (AvgIpc) is 2.74. The highest BCUT2D eigenvalue weighted by molar-refractivity contribution is 7.99. The zero-order chi connectivity index (χ0) is 23.3. The van der Waals surface area contributed by atoms with Gasteiger partial charge in [-0.3, -0.25) is 9.52 Å². The van der Waals surface area contributed by atoms with Crippen LogP contribution in [-0.2, 0) is 10.0 Å². The monoisotopic (exact) mass is 488 g/mol. The number of hydrogen-bond donors (Lipinski definition) is 2. The Balaban J connectivity index is 1.67. The first-order valence-electron chi connectivity index (χ1n) is 10.0. The number of hydrogen-bond acceptors (Lipinski definition) is 4. The maximum Gasteiger partial charge on any atom is 0.262 e. The maximum absolute atomic E-state index is 13.0. The number of rotatable bonds is 8. The van der Waals surface area contributed by atoms with Crippen molar-refractivity contribution in [2.45, 2.75) is 30.6 Å². The summed E-state index contributed by atoms with van der Waals surface area (Å²) in [4.78, 5) is 13.7. The van der Waals surface area contributed by atoms with Crippen LogP contribution in [0.1, 0.15) is 27.0 Å². The van der Waals surface area contributed by atoms with E-state index in [9.17, 15) is 13.2 Å². The first kappa shape index (κ1) is 24.2. The number of halogens is 1. The molecule has 0 aromatic heterocycles. The fourth-order valence-electron chi connectivity index (χ4n) is 3.13. The van der Waals surface area contributed by atoms with E-state index in [0.717, 1.165) is 16.0 Å². The molecule has 2 N–H and O–H groups in total. The Kier molecular flexibility index (Phi) is 7.87. The Labute approximate surface area is 198 Å². The summed E-state index contributed by atoms with van der Waals surface area (Å²) in [6.07, 6.45) is 0. The number of benzene rings is 3. The molecule has 1 amide bonds. The van der Waals surface area contributed by atoms with Gasteiger partial charge in [-0.1, -0.05) is 35.4 Å². The van der Waals surface area contributed by atoms with Crippen molar-refractivity contribution >= 4 is 45.0 Å². The van der Waals surface area contributed by atoms with Gasteiger partial charge in [0.15, 0.2) is 0 Å². The molecule has 0 unspecified atom stereocenters. The SMILES string of the molecule is Cc1ccc(NS(=O)(=O)c2cc(C(=O)NCCSc3ccc(Cl)cc3)ccc2C)c(C)c1. The highest BCUT2D eigenvalue weighted by atomic mass is 35.5. The third-order valence-corrected chi connectivity index (χ3v) is 7.61. The maximum atomic E-state index is 13.0. The molecule has 0 aliphatic rings. The number of carbonyl (C=O) groups excluding carboxylic acids is 1. The number of thioether (sulfide) groups is 1. The fraction of sp³-hybridized carbons (Fsp3) is 0.208. The number of amides is 1. The van der Waals surface area contributed by atoms with Gasteiger partial charge in [0.2, 0.25) is 0 Å². The van der Waals surface area contributed by atoms with Crippen molar-refractivity contribution in [2.75, 3.05) is 17.0 Å². The first-order valence-corrected chi connectivity index (χ1v) is 12.9. The normalized spacial score (nSPS) is 11.2. The van der Waals surface area contributed by atoms with Crippen molar-refractivity contribution in [3.05, 3.63) is 87.9 Å². The number of nitrogens with one attached hydrogen (secondary N) is 2. The lowest BCUT2D eigenvalue weighted by Crippen LogP contribution is -2.26. The molecule has 0 fully saturated rings. The summed E-state index contributed by atoms with van der Waals surface area (Å²) >= 11 is 7.48. The van der Waals surface area contributed by atoms with E-state index >= 15 is 0 Å². The summed E-state index contributed by atoms with van der Waals surface area (Å²) in [6, 6.07) is 17.7. The molecule has 0 saturated carbocycles. The van der Waals surface area contributed by atoms with Crippen molar-refractivity contribution in [2.24, 2.45) is 0 Å². The Bertz CT molecular complexity index is 1230. The second-order valence-electron chi connectivity index (χ2n) is 7.46. The molecule has 32 heavy (non-hydrogen) atoms. The number of sulfonamides is 1. The lowest BCUT2D eigenvalue weighted by molar-refractivity contribution is 0.0956. The van der Waals surface area contributed by atoms with Crippen LogP contribution >= 0.6 is 23.4 Å². The van der Waals surface area contributed by atoms with E-state index in [1.54, 1.807) is 36.9 Å². The standard InChI is InChI=1S/C24H25ClN2O3S2/c1-16-4-11-22(18(3)14-16)27-32(29,30)23-15-19(6-5-17(23)2)24(28)26-12-13-31-21-9-7-20(25)8-10-21/h4-11,14-15,27H,12-13H2,1-3H3,(H,26,28). The quantitative estimate of drug-likeness (QED) is 0.320. The molecular weight excluding hydrogens is 464 g/mol. The van der Waals surface area contributed by atoms with Crippen LogP contribution in [0.5, 0.6) is 0 Å². The Morgan fingerprint density at radius 2 is 1.66 bits per heavy atom. The molecule has 5 nitrogen and oxygen atoms in total. The smallest absolute Gasteiger partial charge is 0.262 e. The number of anilines is 1. The van der Waals surface area contributed by atoms with Crippen LogP contribution in [-0.4, -0.2) is 26.6 Å². The molecule has 0 aliphatic carbocycles. The highest BCUT2D eigenvalue weighted by Crippen LogP contribution is 2.24. The predicted molar refractivity (Wildman–Crippen MR) is 132 cm³/mol. The van der Waals surface area contributed by atoms with E-state index in [4.69, 9.17) is 11.6 Å². The molecule has 0 aliphatic heterocycles. The molecule has 8 heteroatoms. The highest BCUT2D eigenvalue weighted by Gasteiger charge is 2.20. The van der Waals surface area contributed by atoms with Crippen LogP contribution < -0.4 is 10.0 Å². The Morgan fingerprint density at radius 3 is 2.34 bits per heavy atom. The molecular formula is C24H25ClN2O3S2. The molecule has 3 rings (SSSR count). The molecule has 0 bridgehead atoms. The van der Waals surface area contributed by atoms with Gasteiger partial charge in [-0.15, -0.1) is 11.8 Å². The molecule has 0 spiro atoms. The van der Waals surface area contributed by atoms with Gasteiger partial charge in [0.25, 0.3) is 15.9 Å². The summed E-state index contributed by atoms with van der Waals surface area (Å²) in [5.41, 5.74) is 3.27. The third-order valence-electron chi connectivity index (χ3n) is 4.84. The zero-order valence-electron chi connectivity index (χ0n) is 18.1. The van der Waals surface area contributed by atoms with E-state index < -0.39 is 10.0 Å². The van der Waals surface area contributed by atoms with Gasteiger partial charge in [-0.05, 0) is 74.4 Å². The van der Waals surface area contributed by atoms with Gasteiger partial charge in [0.1, 0.15) is 0 Å². The van der Waals surface area contributed by atoms with Crippen LogP contribution in [0.4, 0.5) is 5.69 Å². The topological polar surface area (TPSA) is 75.3 Å². The fourth-order valence-corrected chi connectivity index (χ4v) is 5.42. The van der Waals surface area contributed by atoms with Gasteiger partial charge < -0.3 is 5.32 Å². The van der Waals surface area contributed by atoms with Crippen LogP contribution in [0.15, 0.2) is 70.5 Å². The summed E-state index contributed by atoms with van der Waals surface area (Å²) < 4.78 is 28.7. The second kappa shape index (κ2) is 10.4. The minimum Gasteiger partial charge on any atom is -0.351 e. The third kappa shape index (κ3) is 6.28. The van der Waals surface area contributed by atoms with Gasteiger partial charge in [0, 0.05) is 27.8 Å². The largest absolute Gasteiger partial charge is 0.351 e. The molecule has 0 heterocycles. The van der Waals surface area contributed by atoms with Crippen LogP contribution in [0.3, 0.4) is 0 Å². The molecule has 0 saturated heterocycles. The van der Waals surface area contributed by atoms with Crippen LogP contribution in [0.25, 0.3) is 0 Å². The minimum absolute atomic E-state index is 0.0839. The van der Waals surface area contributed by atoms with Gasteiger partial charge in [-0.25, -0.2) is 8.42 Å². The van der Waals surface area contributed by atoms with Crippen molar-refractivity contribution in [3.63, 3.8) is 0 Å². The predicted octanol–water partition coefficient (Wildman–Crippen LogP) is 5.59. The lowest BCUT2D eigenvalue weighted by Gasteiger charge is -2.14. The second-order valence-corrected chi connectivity index (χ2v) is 10.7. The molecule has 168 valence electrons. The molecule has 0 atom stereocenters. The van der Waals surface area contributed by atoms with Gasteiger partial charge >= 0.3 is 0 Å². The van der Waals surface area contributed by atoms with E-state index in [2.05, 4.69) is 10.0 Å². The Morgan fingerprint density at radius 1 is 0.938 bits per heavy atom. The zero-order valence-corrected chi connectivity index (χ0v) is 20.5. The summed E-state index contributed by atoms with van der Waals surface area (Å²) in [5, 5.41) is 3.52. The van der Waals surface area contributed by atoms with E-state index in [1.165, 1.54) is 6.07 Å². The van der Waals surface area contributed by atoms with E-state index in [1.807, 2.05) is 50.2 Å². The number of aryl methyl sites for hydroxylation is 3. The summed E-state index contributed by atoms with van der Waals surface area (Å²) in [6.45, 7) is 5.96. The Hall–Kier alpha value is -2.48. The molecule has 3 aromatic rings.